The normalized spacial score (nSPS) is 44.6. The third-order valence-corrected chi connectivity index (χ3v) is 4.49. The van der Waals surface area contributed by atoms with Crippen LogP contribution >= 0.6 is 0 Å². The highest BCUT2D eigenvalue weighted by atomic mass is 16.6. The van der Waals surface area contributed by atoms with E-state index >= 15 is 0 Å². The van der Waals surface area contributed by atoms with Gasteiger partial charge in [-0.3, -0.25) is 0 Å². The zero-order valence-corrected chi connectivity index (χ0v) is 10.7. The summed E-state index contributed by atoms with van der Waals surface area (Å²) < 4.78 is 11.3. The van der Waals surface area contributed by atoms with Gasteiger partial charge in [0.25, 0.3) is 0 Å². The van der Waals surface area contributed by atoms with Gasteiger partial charge in [-0.1, -0.05) is 6.92 Å². The van der Waals surface area contributed by atoms with Crippen LogP contribution in [0.3, 0.4) is 0 Å². The van der Waals surface area contributed by atoms with Crippen molar-refractivity contribution < 1.29 is 14.6 Å². The summed E-state index contributed by atoms with van der Waals surface area (Å²) in [5.41, 5.74) is -0.261. The van der Waals surface area contributed by atoms with Crippen molar-refractivity contribution in [3.63, 3.8) is 0 Å². The lowest BCUT2D eigenvalue weighted by atomic mass is 9.88. The molecule has 0 aromatic rings. The van der Waals surface area contributed by atoms with Gasteiger partial charge in [-0.15, -0.1) is 0 Å². The average molecular weight is 228 g/mol. The van der Waals surface area contributed by atoms with E-state index in [1.165, 1.54) is 0 Å². The van der Waals surface area contributed by atoms with Crippen molar-refractivity contribution in [2.45, 2.75) is 76.3 Å². The van der Waals surface area contributed by atoms with Crippen LogP contribution in [0, 0.1) is 0 Å². The fraction of sp³-hybridized carbons (Fsp3) is 1.00. The van der Waals surface area contributed by atoms with Crippen molar-refractivity contribution in [3.8, 4) is 0 Å². The van der Waals surface area contributed by atoms with Crippen LogP contribution in [-0.2, 0) is 9.47 Å². The smallest absolute Gasteiger partial charge is 0.0943 e. The first-order chi connectivity index (χ1) is 7.52. The van der Waals surface area contributed by atoms with Crippen LogP contribution in [0.4, 0.5) is 0 Å². The molecule has 2 aliphatic heterocycles. The average Bonchev–Trinajstić information content (AvgIpc) is 2.70. The molecule has 0 unspecified atom stereocenters. The molecule has 0 amide bonds. The molecule has 0 bridgehead atoms. The highest BCUT2D eigenvalue weighted by molar-refractivity contribution is 5.00. The molecule has 2 fully saturated rings. The molecule has 0 aromatic heterocycles. The molecule has 4 atom stereocenters. The second kappa shape index (κ2) is 4.28. The Morgan fingerprint density at radius 2 is 2.19 bits per heavy atom. The highest BCUT2D eigenvalue weighted by Gasteiger charge is 2.52. The maximum Gasteiger partial charge on any atom is 0.0943 e. The van der Waals surface area contributed by atoms with E-state index in [1.54, 1.807) is 0 Å². The summed E-state index contributed by atoms with van der Waals surface area (Å²) in [4.78, 5) is 0. The van der Waals surface area contributed by atoms with Crippen LogP contribution in [0.2, 0.25) is 0 Å². The number of aliphatic hydroxyl groups is 1. The standard InChI is InChI=1S/C13H24O3/c1-4-13(10(2)16-13)8-6-11(14)12(3)7-5-9-15-12/h10-11,14H,4-9H2,1-3H3/t10-,11+,12-,13-/m1/s1. The monoisotopic (exact) mass is 228 g/mol. The molecule has 3 nitrogen and oxygen atoms in total. The van der Waals surface area contributed by atoms with Crippen LogP contribution < -0.4 is 0 Å². The third-order valence-electron chi connectivity index (χ3n) is 4.49. The van der Waals surface area contributed by atoms with E-state index in [9.17, 15) is 5.11 Å². The van der Waals surface area contributed by atoms with Crippen molar-refractivity contribution in [2.75, 3.05) is 6.61 Å². The fourth-order valence-corrected chi connectivity index (χ4v) is 2.88. The molecule has 2 saturated heterocycles. The topological polar surface area (TPSA) is 42.0 Å². The summed E-state index contributed by atoms with van der Waals surface area (Å²) in [6.07, 6.45) is 4.83. The Morgan fingerprint density at radius 3 is 2.62 bits per heavy atom. The van der Waals surface area contributed by atoms with Crippen molar-refractivity contribution >= 4 is 0 Å². The van der Waals surface area contributed by atoms with E-state index < -0.39 is 0 Å². The molecule has 1 N–H and O–H groups in total. The van der Waals surface area contributed by atoms with E-state index in [0.717, 1.165) is 38.7 Å². The van der Waals surface area contributed by atoms with Gasteiger partial charge < -0.3 is 14.6 Å². The number of hydrogen-bond donors (Lipinski definition) is 1. The van der Waals surface area contributed by atoms with Gasteiger partial charge in [0, 0.05) is 6.61 Å². The maximum absolute atomic E-state index is 10.2. The Labute approximate surface area is 98.1 Å². The minimum absolute atomic E-state index is 0.0515. The lowest BCUT2D eigenvalue weighted by Crippen LogP contribution is -2.39. The summed E-state index contributed by atoms with van der Waals surface area (Å²) in [5.74, 6) is 0. The fourth-order valence-electron chi connectivity index (χ4n) is 2.88. The Bertz CT molecular complexity index is 244. The van der Waals surface area contributed by atoms with Crippen LogP contribution in [0.25, 0.3) is 0 Å². The van der Waals surface area contributed by atoms with Crippen LogP contribution in [0.1, 0.15) is 52.9 Å². The van der Waals surface area contributed by atoms with Crippen LogP contribution in [0.15, 0.2) is 0 Å². The minimum Gasteiger partial charge on any atom is -0.390 e. The first kappa shape index (κ1) is 12.3. The minimum atomic E-state index is -0.352. The van der Waals surface area contributed by atoms with Gasteiger partial charge in [-0.25, -0.2) is 0 Å². The first-order valence-corrected chi connectivity index (χ1v) is 6.52. The molecule has 2 heterocycles. The van der Waals surface area contributed by atoms with E-state index in [2.05, 4.69) is 13.8 Å². The SMILES string of the molecule is CC[C@]1(CC[C@H](O)[C@@]2(C)CCCO2)O[C@@H]1C. The summed E-state index contributed by atoms with van der Waals surface area (Å²) in [7, 11) is 0. The molecule has 94 valence electrons. The molecule has 0 saturated carbocycles. The second-order valence-corrected chi connectivity index (χ2v) is 5.50. The first-order valence-electron chi connectivity index (χ1n) is 6.52. The van der Waals surface area contributed by atoms with Crippen molar-refractivity contribution in [2.24, 2.45) is 0 Å². The largest absolute Gasteiger partial charge is 0.390 e. The van der Waals surface area contributed by atoms with E-state index in [-0.39, 0.29) is 17.3 Å². The Balaban J connectivity index is 1.81. The van der Waals surface area contributed by atoms with Crippen LogP contribution in [0.5, 0.6) is 0 Å². The lowest BCUT2D eigenvalue weighted by molar-refractivity contribution is -0.0825. The van der Waals surface area contributed by atoms with Gasteiger partial charge in [0.05, 0.1) is 23.4 Å². The summed E-state index contributed by atoms with van der Waals surface area (Å²) in [6, 6.07) is 0. The molecule has 16 heavy (non-hydrogen) atoms. The highest BCUT2D eigenvalue weighted by Crippen LogP contribution is 2.44. The molecule has 0 aromatic carbocycles. The van der Waals surface area contributed by atoms with Gasteiger partial charge in [0.15, 0.2) is 0 Å². The Hall–Kier alpha value is -0.120. The number of ether oxygens (including phenoxy) is 2. The predicted molar refractivity (Wildman–Crippen MR) is 62.4 cm³/mol. The van der Waals surface area contributed by atoms with Gasteiger partial charge in [0.1, 0.15) is 0 Å². The van der Waals surface area contributed by atoms with Gasteiger partial charge in [-0.05, 0) is 46.0 Å². The quantitative estimate of drug-likeness (QED) is 0.734. The molecule has 0 spiro atoms. The number of hydrogen-bond acceptors (Lipinski definition) is 3. The molecule has 0 aliphatic carbocycles. The maximum atomic E-state index is 10.2. The molecular formula is C13H24O3. The van der Waals surface area contributed by atoms with E-state index in [4.69, 9.17) is 9.47 Å². The molecule has 0 radical (unpaired) electrons. The van der Waals surface area contributed by atoms with Gasteiger partial charge >= 0.3 is 0 Å². The Morgan fingerprint density at radius 1 is 1.50 bits per heavy atom. The number of aliphatic hydroxyl groups excluding tert-OH is 1. The van der Waals surface area contributed by atoms with Gasteiger partial charge in [-0.2, -0.15) is 0 Å². The second-order valence-electron chi connectivity index (χ2n) is 5.50. The molecule has 3 heteroatoms. The Kier molecular flexibility index (Phi) is 3.30. The van der Waals surface area contributed by atoms with Crippen molar-refractivity contribution in [1.82, 2.24) is 0 Å². The van der Waals surface area contributed by atoms with E-state index in [0.29, 0.717) is 6.10 Å². The van der Waals surface area contributed by atoms with Crippen molar-refractivity contribution in [3.05, 3.63) is 0 Å². The zero-order valence-electron chi connectivity index (χ0n) is 10.7. The number of rotatable bonds is 5. The number of epoxide rings is 1. The zero-order chi connectivity index (χ0) is 11.8. The lowest BCUT2D eigenvalue weighted by Gasteiger charge is -2.30. The molecular weight excluding hydrogens is 204 g/mol. The van der Waals surface area contributed by atoms with Crippen molar-refractivity contribution in [1.29, 1.82) is 0 Å². The molecule has 2 rings (SSSR count). The summed E-state index contributed by atoms with van der Waals surface area (Å²) in [5, 5.41) is 10.2. The molecule has 2 aliphatic rings. The summed E-state index contributed by atoms with van der Waals surface area (Å²) >= 11 is 0. The summed E-state index contributed by atoms with van der Waals surface area (Å²) in [6.45, 7) is 7.09. The third kappa shape index (κ3) is 2.13. The van der Waals surface area contributed by atoms with Crippen LogP contribution in [-0.4, -0.2) is 35.1 Å². The van der Waals surface area contributed by atoms with Gasteiger partial charge in [0.2, 0.25) is 0 Å². The predicted octanol–water partition coefficient (Wildman–Crippen LogP) is 2.26. The van der Waals surface area contributed by atoms with E-state index in [1.807, 2.05) is 6.92 Å².